The highest BCUT2D eigenvalue weighted by Gasteiger charge is 2.31. The molecule has 0 saturated carbocycles. The van der Waals surface area contributed by atoms with Gasteiger partial charge in [-0.3, -0.25) is 14.9 Å². The minimum Gasteiger partial charge on any atom is -0.330 e. The predicted octanol–water partition coefficient (Wildman–Crippen LogP) is 3.63. The number of pyridine rings is 1. The normalized spacial score (nSPS) is 18.0. The Morgan fingerprint density at radius 3 is 3.00 bits per heavy atom. The van der Waals surface area contributed by atoms with E-state index in [1.165, 1.54) is 0 Å². The minimum atomic E-state index is 0.0701. The van der Waals surface area contributed by atoms with Crippen molar-refractivity contribution in [3.05, 3.63) is 59.5 Å². The van der Waals surface area contributed by atoms with Crippen LogP contribution in [0.3, 0.4) is 0 Å². The molecule has 24 heavy (non-hydrogen) atoms. The Bertz CT molecular complexity index is 880. The number of carbonyl (C=O) groups excluding carboxylic acids is 1. The third-order valence-corrected chi connectivity index (χ3v) is 4.84. The first kappa shape index (κ1) is 14.9. The minimum absolute atomic E-state index is 0.0701. The Kier molecular flexibility index (Phi) is 3.76. The maximum Gasteiger partial charge on any atom is 0.255 e. The van der Waals surface area contributed by atoms with Crippen LogP contribution in [0.25, 0.3) is 10.9 Å². The fourth-order valence-electron chi connectivity index (χ4n) is 3.61. The van der Waals surface area contributed by atoms with E-state index in [9.17, 15) is 4.79 Å². The van der Waals surface area contributed by atoms with E-state index in [2.05, 4.69) is 15.2 Å². The van der Waals surface area contributed by atoms with Crippen molar-refractivity contribution in [3.63, 3.8) is 0 Å². The van der Waals surface area contributed by atoms with E-state index in [-0.39, 0.29) is 11.9 Å². The molecule has 4 rings (SSSR count). The Balaban J connectivity index is 1.75. The largest absolute Gasteiger partial charge is 0.330 e. The zero-order valence-corrected chi connectivity index (χ0v) is 13.7. The van der Waals surface area contributed by atoms with Gasteiger partial charge in [0.15, 0.2) is 0 Å². The number of likely N-dealkylation sites (tertiary alicyclic amines) is 1. The second kappa shape index (κ2) is 6.07. The highest BCUT2D eigenvalue weighted by molar-refractivity contribution is 6.06. The highest BCUT2D eigenvalue weighted by atomic mass is 16.2. The SMILES string of the molecule is Cc1cn[nH]c1[C@@H]1CCCCN1C(=O)c1cccc2ncccc12. The lowest BCUT2D eigenvalue weighted by Crippen LogP contribution is -2.39. The standard InChI is InChI=1S/C19H20N4O/c1-13-12-21-22-18(13)17-9-2-3-11-23(17)19(24)15-6-4-8-16-14(15)7-5-10-20-16/h4-8,10,12,17H,2-3,9,11H2,1H3,(H,21,22)/t17-/m0/s1. The van der Waals surface area contributed by atoms with Crippen LogP contribution in [0.2, 0.25) is 0 Å². The number of aromatic nitrogens is 3. The van der Waals surface area contributed by atoms with Crippen molar-refractivity contribution in [3.8, 4) is 0 Å². The quantitative estimate of drug-likeness (QED) is 0.784. The lowest BCUT2D eigenvalue weighted by Gasteiger charge is -2.35. The summed E-state index contributed by atoms with van der Waals surface area (Å²) in [5.74, 6) is 0.0762. The van der Waals surface area contributed by atoms with E-state index in [4.69, 9.17) is 0 Å². The van der Waals surface area contributed by atoms with Gasteiger partial charge in [0.25, 0.3) is 5.91 Å². The molecule has 5 nitrogen and oxygen atoms in total. The molecule has 0 unspecified atom stereocenters. The van der Waals surface area contributed by atoms with Crippen LogP contribution in [-0.2, 0) is 0 Å². The fourth-order valence-corrected chi connectivity index (χ4v) is 3.61. The van der Waals surface area contributed by atoms with Gasteiger partial charge in [-0.2, -0.15) is 5.10 Å². The van der Waals surface area contributed by atoms with Gasteiger partial charge < -0.3 is 4.90 Å². The molecule has 1 aliphatic rings. The van der Waals surface area contributed by atoms with Crippen molar-refractivity contribution in [2.75, 3.05) is 6.54 Å². The van der Waals surface area contributed by atoms with Gasteiger partial charge in [-0.05, 0) is 49.9 Å². The lowest BCUT2D eigenvalue weighted by atomic mass is 9.96. The second-order valence-electron chi connectivity index (χ2n) is 6.35. The maximum absolute atomic E-state index is 13.3. The van der Waals surface area contributed by atoms with Crippen molar-refractivity contribution in [2.24, 2.45) is 0 Å². The Morgan fingerprint density at radius 1 is 1.25 bits per heavy atom. The predicted molar refractivity (Wildman–Crippen MR) is 92.7 cm³/mol. The monoisotopic (exact) mass is 320 g/mol. The summed E-state index contributed by atoms with van der Waals surface area (Å²) in [4.78, 5) is 19.7. The summed E-state index contributed by atoms with van der Waals surface area (Å²) in [6.07, 6.45) is 6.73. The second-order valence-corrected chi connectivity index (χ2v) is 6.35. The first-order valence-corrected chi connectivity index (χ1v) is 8.40. The summed E-state index contributed by atoms with van der Waals surface area (Å²) in [6, 6.07) is 9.67. The van der Waals surface area contributed by atoms with Gasteiger partial charge in [0.2, 0.25) is 0 Å². The molecule has 1 saturated heterocycles. The summed E-state index contributed by atoms with van der Waals surface area (Å²) >= 11 is 0. The number of piperidine rings is 1. The number of H-pyrrole nitrogens is 1. The van der Waals surface area contributed by atoms with Crippen molar-refractivity contribution >= 4 is 16.8 Å². The number of nitrogens with zero attached hydrogens (tertiary/aromatic N) is 3. The molecule has 0 radical (unpaired) electrons. The van der Waals surface area contributed by atoms with E-state index in [1.807, 2.05) is 48.4 Å². The van der Waals surface area contributed by atoms with Crippen LogP contribution in [0, 0.1) is 6.92 Å². The number of rotatable bonds is 2. The van der Waals surface area contributed by atoms with Gasteiger partial charge in [-0.15, -0.1) is 0 Å². The van der Waals surface area contributed by atoms with Crippen LogP contribution >= 0.6 is 0 Å². The molecule has 0 bridgehead atoms. The molecule has 1 aromatic carbocycles. The third-order valence-electron chi connectivity index (χ3n) is 4.84. The average Bonchev–Trinajstić information content (AvgIpc) is 3.06. The van der Waals surface area contributed by atoms with Gasteiger partial charge in [0.05, 0.1) is 23.4 Å². The number of carbonyl (C=O) groups is 1. The molecular formula is C19H20N4O. The number of aryl methyl sites for hydroxylation is 1. The van der Waals surface area contributed by atoms with Crippen LogP contribution < -0.4 is 0 Å². The number of amides is 1. The number of fused-ring (bicyclic) bond motifs is 1. The molecule has 1 fully saturated rings. The van der Waals surface area contributed by atoms with E-state index in [0.29, 0.717) is 0 Å². The fraction of sp³-hybridized carbons (Fsp3) is 0.316. The van der Waals surface area contributed by atoms with Gasteiger partial charge in [0, 0.05) is 23.7 Å². The Labute approximate surface area is 140 Å². The van der Waals surface area contributed by atoms with Crippen LogP contribution in [-0.4, -0.2) is 32.5 Å². The van der Waals surface area contributed by atoms with E-state index in [1.54, 1.807) is 6.20 Å². The van der Waals surface area contributed by atoms with Crippen molar-refractivity contribution in [1.82, 2.24) is 20.1 Å². The van der Waals surface area contributed by atoms with Crippen LogP contribution in [0.15, 0.2) is 42.7 Å². The summed E-state index contributed by atoms with van der Waals surface area (Å²) < 4.78 is 0. The number of nitrogens with one attached hydrogen (secondary N) is 1. The average molecular weight is 320 g/mol. The van der Waals surface area contributed by atoms with Gasteiger partial charge >= 0.3 is 0 Å². The number of benzene rings is 1. The molecule has 122 valence electrons. The van der Waals surface area contributed by atoms with Gasteiger partial charge in [0.1, 0.15) is 0 Å². The zero-order chi connectivity index (χ0) is 16.5. The molecule has 0 spiro atoms. The first-order valence-electron chi connectivity index (χ1n) is 8.40. The molecule has 3 heterocycles. The summed E-state index contributed by atoms with van der Waals surface area (Å²) in [6.45, 7) is 2.82. The molecular weight excluding hydrogens is 300 g/mol. The molecule has 1 amide bonds. The molecule has 1 aliphatic heterocycles. The first-order chi connectivity index (χ1) is 11.8. The van der Waals surface area contributed by atoms with Crippen molar-refractivity contribution in [1.29, 1.82) is 0 Å². The van der Waals surface area contributed by atoms with Gasteiger partial charge in [-0.25, -0.2) is 0 Å². The number of hydrogen-bond donors (Lipinski definition) is 1. The molecule has 5 heteroatoms. The van der Waals surface area contributed by atoms with Crippen molar-refractivity contribution in [2.45, 2.75) is 32.2 Å². The summed E-state index contributed by atoms with van der Waals surface area (Å²) in [5.41, 5.74) is 3.75. The van der Waals surface area contributed by atoms with Gasteiger partial charge in [-0.1, -0.05) is 12.1 Å². The van der Waals surface area contributed by atoms with E-state index in [0.717, 1.165) is 53.5 Å². The summed E-state index contributed by atoms with van der Waals surface area (Å²) in [5, 5.41) is 8.15. The van der Waals surface area contributed by atoms with Crippen LogP contribution in [0.5, 0.6) is 0 Å². The number of hydrogen-bond acceptors (Lipinski definition) is 3. The lowest BCUT2D eigenvalue weighted by molar-refractivity contribution is 0.0607. The number of aromatic amines is 1. The summed E-state index contributed by atoms with van der Waals surface area (Å²) in [7, 11) is 0. The topological polar surface area (TPSA) is 61.9 Å². The van der Waals surface area contributed by atoms with E-state index >= 15 is 0 Å². The molecule has 1 atom stereocenters. The maximum atomic E-state index is 13.3. The highest BCUT2D eigenvalue weighted by Crippen LogP contribution is 2.33. The molecule has 1 N–H and O–H groups in total. The Hall–Kier alpha value is -2.69. The van der Waals surface area contributed by atoms with Crippen LogP contribution in [0.4, 0.5) is 0 Å². The van der Waals surface area contributed by atoms with E-state index < -0.39 is 0 Å². The molecule has 2 aromatic heterocycles. The zero-order valence-electron chi connectivity index (χ0n) is 13.7. The molecule has 3 aromatic rings. The third kappa shape index (κ3) is 2.46. The van der Waals surface area contributed by atoms with Crippen LogP contribution in [0.1, 0.15) is 46.9 Å². The molecule has 0 aliphatic carbocycles. The van der Waals surface area contributed by atoms with Crippen molar-refractivity contribution < 1.29 is 4.79 Å². The Morgan fingerprint density at radius 2 is 2.17 bits per heavy atom. The smallest absolute Gasteiger partial charge is 0.255 e.